The number of carbonyl (C=O) groups is 1. The van der Waals surface area contributed by atoms with Crippen molar-refractivity contribution < 1.29 is 9.53 Å². The summed E-state index contributed by atoms with van der Waals surface area (Å²) in [5.74, 6) is 1.24. The molecule has 0 heterocycles. The zero-order chi connectivity index (χ0) is 15.1. The van der Waals surface area contributed by atoms with Gasteiger partial charge in [0.05, 0.1) is 5.75 Å². The summed E-state index contributed by atoms with van der Waals surface area (Å²) >= 11 is 1.65. The highest BCUT2D eigenvalue weighted by atomic mass is 32.2. The second-order valence-corrected chi connectivity index (χ2v) is 8.00. The van der Waals surface area contributed by atoms with E-state index in [1.165, 1.54) is 0 Å². The SMILES string of the molecule is CCCNC(CSCC(=O)OC(C)(C)C)C(C)(C)C. The van der Waals surface area contributed by atoms with Gasteiger partial charge in [-0.3, -0.25) is 4.79 Å². The van der Waals surface area contributed by atoms with Gasteiger partial charge in [0.1, 0.15) is 5.60 Å². The first-order valence-electron chi connectivity index (χ1n) is 7.09. The van der Waals surface area contributed by atoms with Gasteiger partial charge in [0.25, 0.3) is 0 Å². The van der Waals surface area contributed by atoms with E-state index in [1.54, 1.807) is 11.8 Å². The van der Waals surface area contributed by atoms with Gasteiger partial charge in [-0.15, -0.1) is 11.8 Å². The fraction of sp³-hybridized carbons (Fsp3) is 0.933. The Labute approximate surface area is 123 Å². The maximum atomic E-state index is 11.6. The van der Waals surface area contributed by atoms with Crippen LogP contribution in [0.2, 0.25) is 0 Å². The summed E-state index contributed by atoms with van der Waals surface area (Å²) in [6.45, 7) is 15.6. The summed E-state index contributed by atoms with van der Waals surface area (Å²) in [7, 11) is 0. The molecule has 114 valence electrons. The quantitative estimate of drug-likeness (QED) is 0.728. The molecule has 0 aliphatic carbocycles. The molecule has 0 spiro atoms. The lowest BCUT2D eigenvalue weighted by Crippen LogP contribution is -2.42. The molecule has 1 atom stereocenters. The van der Waals surface area contributed by atoms with Crippen LogP contribution in [0.1, 0.15) is 54.9 Å². The molecule has 19 heavy (non-hydrogen) atoms. The molecular formula is C15H31NO2S. The van der Waals surface area contributed by atoms with Crippen molar-refractivity contribution in [1.29, 1.82) is 0 Å². The first-order valence-corrected chi connectivity index (χ1v) is 8.24. The van der Waals surface area contributed by atoms with E-state index in [1.807, 2.05) is 20.8 Å². The average molecular weight is 289 g/mol. The minimum Gasteiger partial charge on any atom is -0.459 e. The molecule has 0 aromatic heterocycles. The number of nitrogens with one attached hydrogen (secondary N) is 1. The van der Waals surface area contributed by atoms with Crippen molar-refractivity contribution in [2.24, 2.45) is 5.41 Å². The van der Waals surface area contributed by atoms with Crippen molar-refractivity contribution in [3.8, 4) is 0 Å². The minimum absolute atomic E-state index is 0.124. The molecule has 1 N–H and O–H groups in total. The molecule has 0 aromatic carbocycles. The third-order valence-corrected chi connectivity index (χ3v) is 3.62. The van der Waals surface area contributed by atoms with Crippen molar-refractivity contribution >= 4 is 17.7 Å². The van der Waals surface area contributed by atoms with E-state index in [0.717, 1.165) is 18.7 Å². The predicted octanol–water partition coefficient (Wildman–Crippen LogP) is 3.48. The second kappa shape index (κ2) is 8.15. The van der Waals surface area contributed by atoms with Crippen LogP contribution in [0.3, 0.4) is 0 Å². The van der Waals surface area contributed by atoms with Crippen LogP contribution < -0.4 is 5.32 Å². The lowest BCUT2D eigenvalue weighted by atomic mass is 9.88. The third kappa shape index (κ3) is 10.3. The normalized spacial score (nSPS) is 14.3. The number of thioether (sulfide) groups is 1. The van der Waals surface area contributed by atoms with Crippen molar-refractivity contribution in [3.63, 3.8) is 0 Å². The first kappa shape index (κ1) is 18.8. The Kier molecular flexibility index (Phi) is 8.06. The van der Waals surface area contributed by atoms with Crippen molar-refractivity contribution in [2.45, 2.75) is 66.5 Å². The Hall–Kier alpha value is -0.220. The monoisotopic (exact) mass is 289 g/mol. The highest BCUT2D eigenvalue weighted by molar-refractivity contribution is 7.99. The van der Waals surface area contributed by atoms with Crippen LogP contribution in [0.25, 0.3) is 0 Å². The van der Waals surface area contributed by atoms with Gasteiger partial charge in [0, 0.05) is 11.8 Å². The third-order valence-electron chi connectivity index (χ3n) is 2.61. The van der Waals surface area contributed by atoms with Gasteiger partial charge in [-0.1, -0.05) is 27.7 Å². The topological polar surface area (TPSA) is 38.3 Å². The molecule has 0 fully saturated rings. The van der Waals surface area contributed by atoms with Crippen LogP contribution in [0.15, 0.2) is 0 Å². The summed E-state index contributed by atoms with van der Waals surface area (Å²) in [5.41, 5.74) is -0.183. The van der Waals surface area contributed by atoms with Gasteiger partial charge < -0.3 is 10.1 Å². The van der Waals surface area contributed by atoms with Gasteiger partial charge >= 0.3 is 5.97 Å². The van der Waals surface area contributed by atoms with E-state index in [4.69, 9.17) is 4.74 Å². The number of rotatable bonds is 7. The highest BCUT2D eigenvalue weighted by Gasteiger charge is 2.24. The molecule has 1 unspecified atom stereocenters. The van der Waals surface area contributed by atoms with Gasteiger partial charge in [-0.05, 0) is 39.2 Å². The molecule has 0 saturated heterocycles. The first-order chi connectivity index (χ1) is 8.56. The average Bonchev–Trinajstić information content (AvgIpc) is 2.18. The smallest absolute Gasteiger partial charge is 0.316 e. The molecular weight excluding hydrogens is 258 g/mol. The van der Waals surface area contributed by atoms with Crippen molar-refractivity contribution in [3.05, 3.63) is 0 Å². The molecule has 0 saturated carbocycles. The fourth-order valence-electron chi connectivity index (χ4n) is 1.56. The van der Waals surface area contributed by atoms with Gasteiger partial charge in [-0.25, -0.2) is 0 Å². The molecule has 0 aliphatic rings. The summed E-state index contributed by atoms with van der Waals surface area (Å²) < 4.78 is 5.31. The van der Waals surface area contributed by atoms with E-state index in [-0.39, 0.29) is 17.0 Å². The van der Waals surface area contributed by atoms with Gasteiger partial charge in [-0.2, -0.15) is 0 Å². The maximum Gasteiger partial charge on any atom is 0.316 e. The summed E-state index contributed by atoms with van der Waals surface area (Å²) in [6.07, 6.45) is 1.13. The van der Waals surface area contributed by atoms with E-state index >= 15 is 0 Å². The van der Waals surface area contributed by atoms with Crippen LogP contribution in [-0.4, -0.2) is 35.7 Å². The Morgan fingerprint density at radius 1 is 1.21 bits per heavy atom. The maximum absolute atomic E-state index is 11.6. The lowest BCUT2D eigenvalue weighted by Gasteiger charge is -2.31. The largest absolute Gasteiger partial charge is 0.459 e. The van der Waals surface area contributed by atoms with Gasteiger partial charge in [0.15, 0.2) is 0 Å². The van der Waals surface area contributed by atoms with E-state index in [2.05, 4.69) is 33.0 Å². The molecule has 0 bridgehead atoms. The Morgan fingerprint density at radius 2 is 1.79 bits per heavy atom. The second-order valence-electron chi connectivity index (χ2n) is 6.97. The predicted molar refractivity (Wildman–Crippen MR) is 84.7 cm³/mol. The van der Waals surface area contributed by atoms with Crippen LogP contribution in [-0.2, 0) is 9.53 Å². The minimum atomic E-state index is -0.387. The molecule has 0 aliphatic heterocycles. The lowest BCUT2D eigenvalue weighted by molar-refractivity contribution is -0.151. The highest BCUT2D eigenvalue weighted by Crippen LogP contribution is 2.23. The Bertz CT molecular complexity index is 266. The molecule has 4 heteroatoms. The summed E-state index contributed by atoms with van der Waals surface area (Å²) in [4.78, 5) is 11.6. The van der Waals surface area contributed by atoms with Crippen LogP contribution >= 0.6 is 11.8 Å². The van der Waals surface area contributed by atoms with Crippen LogP contribution in [0.4, 0.5) is 0 Å². The number of esters is 1. The van der Waals surface area contributed by atoms with E-state index < -0.39 is 0 Å². The van der Waals surface area contributed by atoms with Crippen LogP contribution in [0.5, 0.6) is 0 Å². The standard InChI is InChI=1S/C15H31NO2S/c1-8-9-16-12(14(2,3)4)10-19-11-13(17)18-15(5,6)7/h12,16H,8-11H2,1-7H3. The van der Waals surface area contributed by atoms with Crippen molar-refractivity contribution in [2.75, 3.05) is 18.1 Å². The number of hydrogen-bond acceptors (Lipinski definition) is 4. The van der Waals surface area contributed by atoms with Crippen molar-refractivity contribution in [1.82, 2.24) is 5.32 Å². The van der Waals surface area contributed by atoms with E-state index in [9.17, 15) is 4.79 Å². The summed E-state index contributed by atoms with van der Waals surface area (Å²) in [5, 5.41) is 3.56. The number of carbonyl (C=O) groups excluding carboxylic acids is 1. The number of ether oxygens (including phenoxy) is 1. The van der Waals surface area contributed by atoms with E-state index in [0.29, 0.717) is 11.8 Å². The molecule has 3 nitrogen and oxygen atoms in total. The van der Waals surface area contributed by atoms with Crippen LogP contribution in [0, 0.1) is 5.41 Å². The summed E-state index contributed by atoms with van der Waals surface area (Å²) in [6, 6.07) is 0.417. The zero-order valence-corrected chi connectivity index (χ0v) is 14.4. The zero-order valence-electron chi connectivity index (χ0n) is 13.6. The Morgan fingerprint density at radius 3 is 2.21 bits per heavy atom. The molecule has 0 amide bonds. The fourth-order valence-corrected chi connectivity index (χ4v) is 2.76. The molecule has 0 radical (unpaired) electrons. The molecule has 0 rings (SSSR count). The molecule has 0 aromatic rings. The Balaban J connectivity index is 4.09. The van der Waals surface area contributed by atoms with Gasteiger partial charge in [0.2, 0.25) is 0 Å². The number of hydrogen-bond donors (Lipinski definition) is 1.